The molecular weight excluding hydrogens is 226 g/mol. The van der Waals surface area contributed by atoms with Crippen LogP contribution in [0.1, 0.15) is 33.6 Å². The third-order valence-electron chi connectivity index (χ3n) is 1.86. The molecule has 0 aliphatic heterocycles. The van der Waals surface area contributed by atoms with Crippen LogP contribution < -0.4 is 0 Å². The standard InChI is InChI=1S/C11H21NO3S/c1-4-7-12(8-5-2)11(13)16(14)10-9-15-6-3/h9-10H,4-8H2,1-3H3/t16-/m0/s1. The monoisotopic (exact) mass is 247 g/mol. The van der Waals surface area contributed by atoms with Gasteiger partial charge in [-0.2, -0.15) is 0 Å². The Hall–Kier alpha value is -0.840. The van der Waals surface area contributed by atoms with Gasteiger partial charge in [-0.05, 0) is 19.8 Å². The summed E-state index contributed by atoms with van der Waals surface area (Å²) in [6.45, 7) is 7.64. The van der Waals surface area contributed by atoms with Crippen molar-refractivity contribution < 1.29 is 13.7 Å². The van der Waals surface area contributed by atoms with Crippen LogP contribution in [-0.2, 0) is 15.5 Å². The molecule has 0 aromatic heterocycles. The lowest BCUT2D eigenvalue weighted by Gasteiger charge is -2.19. The molecule has 94 valence electrons. The lowest BCUT2D eigenvalue weighted by molar-refractivity contribution is 0.222. The SMILES string of the molecule is CCCN(CCC)C(=O)[S@@](=O)C=COCC. The number of hydrogen-bond donors (Lipinski definition) is 0. The first-order valence-corrected chi connectivity index (χ1v) is 6.86. The highest BCUT2D eigenvalue weighted by atomic mass is 32.2. The van der Waals surface area contributed by atoms with Crippen LogP contribution in [0.2, 0.25) is 0 Å². The first kappa shape index (κ1) is 15.2. The second-order valence-electron chi connectivity index (χ2n) is 3.28. The molecule has 0 saturated carbocycles. The van der Waals surface area contributed by atoms with Crippen LogP contribution in [0.15, 0.2) is 11.7 Å². The molecule has 0 aliphatic rings. The van der Waals surface area contributed by atoms with Crippen molar-refractivity contribution in [2.24, 2.45) is 0 Å². The second-order valence-corrected chi connectivity index (χ2v) is 4.49. The van der Waals surface area contributed by atoms with Gasteiger partial charge in [-0.15, -0.1) is 0 Å². The van der Waals surface area contributed by atoms with Gasteiger partial charge in [0, 0.05) is 18.5 Å². The smallest absolute Gasteiger partial charge is 0.316 e. The van der Waals surface area contributed by atoms with Crippen LogP contribution >= 0.6 is 0 Å². The van der Waals surface area contributed by atoms with E-state index in [0.29, 0.717) is 19.7 Å². The molecule has 1 atom stereocenters. The largest absolute Gasteiger partial charge is 0.501 e. The van der Waals surface area contributed by atoms with E-state index in [-0.39, 0.29) is 5.24 Å². The Labute approximate surface area is 100 Å². The average molecular weight is 247 g/mol. The van der Waals surface area contributed by atoms with Crippen molar-refractivity contribution in [2.45, 2.75) is 33.6 Å². The third-order valence-corrected chi connectivity index (χ3v) is 2.82. The molecule has 0 aliphatic carbocycles. The Morgan fingerprint density at radius 2 is 1.81 bits per heavy atom. The molecule has 0 heterocycles. The number of ether oxygens (including phenoxy) is 1. The summed E-state index contributed by atoms with van der Waals surface area (Å²) < 4.78 is 16.5. The van der Waals surface area contributed by atoms with Crippen molar-refractivity contribution in [1.82, 2.24) is 4.90 Å². The quantitative estimate of drug-likeness (QED) is 0.649. The van der Waals surface area contributed by atoms with Crippen molar-refractivity contribution in [3.63, 3.8) is 0 Å². The van der Waals surface area contributed by atoms with Crippen molar-refractivity contribution in [3.8, 4) is 0 Å². The van der Waals surface area contributed by atoms with Crippen LogP contribution in [0.3, 0.4) is 0 Å². The summed E-state index contributed by atoms with van der Waals surface area (Å²) in [5, 5.41) is 0.962. The van der Waals surface area contributed by atoms with E-state index in [1.165, 1.54) is 11.7 Å². The van der Waals surface area contributed by atoms with Gasteiger partial charge in [0.05, 0.1) is 12.9 Å². The van der Waals surface area contributed by atoms with Gasteiger partial charge < -0.3 is 9.64 Å². The van der Waals surface area contributed by atoms with E-state index in [4.69, 9.17) is 4.74 Å². The van der Waals surface area contributed by atoms with Gasteiger partial charge in [0.1, 0.15) is 10.8 Å². The van der Waals surface area contributed by atoms with E-state index < -0.39 is 10.8 Å². The summed E-state index contributed by atoms with van der Waals surface area (Å²) in [6.07, 6.45) is 3.07. The normalized spacial score (nSPS) is 12.7. The summed E-state index contributed by atoms with van der Waals surface area (Å²) in [7, 11) is -1.62. The lowest BCUT2D eigenvalue weighted by Crippen LogP contribution is -2.33. The molecule has 0 fully saturated rings. The zero-order chi connectivity index (χ0) is 12.4. The number of rotatable bonds is 7. The van der Waals surface area contributed by atoms with Gasteiger partial charge in [-0.25, -0.2) is 4.21 Å². The second kappa shape index (κ2) is 9.39. The molecular formula is C11H21NO3S. The minimum atomic E-state index is -1.62. The number of nitrogens with zero attached hydrogens (tertiary/aromatic N) is 1. The minimum Gasteiger partial charge on any atom is -0.501 e. The van der Waals surface area contributed by atoms with Crippen molar-refractivity contribution >= 4 is 16.0 Å². The fourth-order valence-corrected chi connectivity index (χ4v) is 1.94. The summed E-state index contributed by atoms with van der Waals surface area (Å²) in [5.74, 6) is 0. The Balaban J connectivity index is 4.30. The van der Waals surface area contributed by atoms with Gasteiger partial charge in [0.25, 0.3) is 0 Å². The molecule has 0 aromatic carbocycles. The van der Waals surface area contributed by atoms with E-state index in [1.807, 2.05) is 20.8 Å². The topological polar surface area (TPSA) is 46.6 Å². The maximum absolute atomic E-state index is 11.7. The summed E-state index contributed by atoms with van der Waals surface area (Å²) in [5.41, 5.74) is 0. The molecule has 1 amide bonds. The van der Waals surface area contributed by atoms with Gasteiger partial charge in [0.2, 0.25) is 0 Å². The number of hydrogen-bond acceptors (Lipinski definition) is 3. The van der Waals surface area contributed by atoms with Crippen LogP contribution in [0, 0.1) is 0 Å². The Bertz CT molecular complexity index is 248. The lowest BCUT2D eigenvalue weighted by atomic mass is 10.4. The minimum absolute atomic E-state index is 0.334. The highest BCUT2D eigenvalue weighted by Crippen LogP contribution is 2.02. The maximum Gasteiger partial charge on any atom is 0.316 e. The molecule has 0 N–H and O–H groups in total. The number of carbonyl (C=O) groups is 1. The number of carbonyl (C=O) groups excluding carboxylic acids is 1. The molecule has 0 bridgehead atoms. The Morgan fingerprint density at radius 3 is 2.25 bits per heavy atom. The van der Waals surface area contributed by atoms with Crippen molar-refractivity contribution in [3.05, 3.63) is 11.7 Å². The zero-order valence-corrected chi connectivity index (χ0v) is 11.1. The molecule has 5 heteroatoms. The summed E-state index contributed by atoms with van der Waals surface area (Å²) in [6, 6.07) is 0. The van der Waals surface area contributed by atoms with Crippen LogP contribution in [0.5, 0.6) is 0 Å². The predicted molar refractivity (Wildman–Crippen MR) is 66.5 cm³/mol. The van der Waals surface area contributed by atoms with Gasteiger partial charge >= 0.3 is 5.24 Å². The summed E-state index contributed by atoms with van der Waals surface area (Å²) >= 11 is 0. The molecule has 0 aromatic rings. The molecule has 4 nitrogen and oxygen atoms in total. The first-order chi connectivity index (χ1) is 7.67. The number of amides is 1. The molecule has 0 rings (SSSR count). The average Bonchev–Trinajstić information content (AvgIpc) is 2.28. The molecule has 0 unspecified atom stereocenters. The first-order valence-electron chi connectivity index (χ1n) is 5.65. The van der Waals surface area contributed by atoms with Crippen molar-refractivity contribution in [2.75, 3.05) is 19.7 Å². The Kier molecular flexibility index (Phi) is 8.90. The van der Waals surface area contributed by atoms with E-state index in [1.54, 1.807) is 4.90 Å². The fourth-order valence-electron chi connectivity index (χ4n) is 1.21. The van der Waals surface area contributed by atoms with Crippen molar-refractivity contribution in [1.29, 1.82) is 0 Å². The van der Waals surface area contributed by atoms with Gasteiger partial charge in [0.15, 0.2) is 0 Å². The molecule has 16 heavy (non-hydrogen) atoms. The van der Waals surface area contributed by atoms with Crippen LogP contribution in [-0.4, -0.2) is 34.0 Å². The van der Waals surface area contributed by atoms with Gasteiger partial charge in [-0.3, -0.25) is 4.79 Å². The highest BCUT2D eigenvalue weighted by molar-refractivity contribution is 8.02. The predicted octanol–water partition coefficient (Wildman–Crippen LogP) is 2.48. The highest BCUT2D eigenvalue weighted by Gasteiger charge is 2.16. The molecule has 0 spiro atoms. The fraction of sp³-hybridized carbons (Fsp3) is 0.727. The molecule has 0 saturated heterocycles. The van der Waals surface area contributed by atoms with Gasteiger partial charge in [-0.1, -0.05) is 13.8 Å². The Morgan fingerprint density at radius 1 is 1.25 bits per heavy atom. The maximum atomic E-state index is 11.7. The van der Waals surface area contributed by atoms with E-state index in [2.05, 4.69) is 0 Å². The zero-order valence-electron chi connectivity index (χ0n) is 10.3. The van der Waals surface area contributed by atoms with Crippen LogP contribution in [0.4, 0.5) is 4.79 Å². The van der Waals surface area contributed by atoms with Crippen LogP contribution in [0.25, 0.3) is 0 Å². The van der Waals surface area contributed by atoms with E-state index in [9.17, 15) is 9.00 Å². The van der Waals surface area contributed by atoms with E-state index >= 15 is 0 Å². The molecule has 0 radical (unpaired) electrons. The third kappa shape index (κ3) is 5.90. The summed E-state index contributed by atoms with van der Waals surface area (Å²) in [4.78, 5) is 13.4. The van der Waals surface area contributed by atoms with E-state index in [0.717, 1.165) is 12.8 Å².